The van der Waals surface area contributed by atoms with Crippen LogP contribution >= 0.6 is 0 Å². The highest BCUT2D eigenvalue weighted by Gasteiger charge is 2.24. The van der Waals surface area contributed by atoms with E-state index in [1.165, 1.54) is 24.2 Å². The maximum Gasteiger partial charge on any atom is 0.0957 e. The van der Waals surface area contributed by atoms with Crippen LogP contribution in [0.1, 0.15) is 42.8 Å². The summed E-state index contributed by atoms with van der Waals surface area (Å²) in [6.07, 6.45) is 10.4. The van der Waals surface area contributed by atoms with Crippen molar-refractivity contribution in [3.8, 4) is 0 Å². The molecule has 2 unspecified atom stereocenters. The van der Waals surface area contributed by atoms with E-state index in [2.05, 4.69) is 20.6 Å². The lowest BCUT2D eigenvalue weighted by molar-refractivity contribution is 0.472. The standard InChI is InChI=1S/C15H20N4/c1-11(16)15(12-5-4-8-17-9-12)19-10-18-13-6-2-3-7-14(13)19/h4-5,8-11,15H,2-3,6-7,16H2,1H3. The summed E-state index contributed by atoms with van der Waals surface area (Å²) >= 11 is 0. The van der Waals surface area contributed by atoms with Crippen molar-refractivity contribution in [3.63, 3.8) is 0 Å². The van der Waals surface area contributed by atoms with Gasteiger partial charge in [0.15, 0.2) is 0 Å². The molecule has 4 nitrogen and oxygen atoms in total. The molecule has 0 amide bonds. The zero-order valence-electron chi connectivity index (χ0n) is 11.3. The van der Waals surface area contributed by atoms with Crippen LogP contribution in [0.5, 0.6) is 0 Å². The molecule has 0 aromatic carbocycles. The Hall–Kier alpha value is -1.68. The van der Waals surface area contributed by atoms with Gasteiger partial charge in [0.05, 0.1) is 18.1 Å². The van der Waals surface area contributed by atoms with Crippen LogP contribution in [0.3, 0.4) is 0 Å². The molecule has 100 valence electrons. The van der Waals surface area contributed by atoms with Crippen molar-refractivity contribution < 1.29 is 0 Å². The molecule has 2 aromatic rings. The van der Waals surface area contributed by atoms with Crippen molar-refractivity contribution >= 4 is 0 Å². The number of nitrogens with two attached hydrogens (primary N) is 1. The summed E-state index contributed by atoms with van der Waals surface area (Å²) < 4.78 is 2.26. The zero-order chi connectivity index (χ0) is 13.2. The van der Waals surface area contributed by atoms with Gasteiger partial charge < -0.3 is 10.3 Å². The van der Waals surface area contributed by atoms with Crippen molar-refractivity contribution in [1.29, 1.82) is 0 Å². The van der Waals surface area contributed by atoms with Crippen LogP contribution in [0.15, 0.2) is 30.9 Å². The fourth-order valence-corrected chi connectivity index (χ4v) is 3.00. The second kappa shape index (κ2) is 5.13. The van der Waals surface area contributed by atoms with E-state index < -0.39 is 0 Å². The number of aryl methyl sites for hydroxylation is 1. The SMILES string of the molecule is CC(N)C(c1cccnc1)n1cnc2c1CCCC2. The second-order valence-electron chi connectivity index (χ2n) is 5.34. The lowest BCUT2D eigenvalue weighted by atomic mass is 9.98. The van der Waals surface area contributed by atoms with Gasteiger partial charge in [-0.25, -0.2) is 4.98 Å². The molecule has 0 saturated heterocycles. The molecular weight excluding hydrogens is 236 g/mol. The van der Waals surface area contributed by atoms with Gasteiger partial charge in [-0.1, -0.05) is 6.07 Å². The van der Waals surface area contributed by atoms with Crippen LogP contribution in [0, 0.1) is 0 Å². The van der Waals surface area contributed by atoms with Crippen molar-refractivity contribution in [3.05, 3.63) is 47.8 Å². The Morgan fingerprint density at radius 2 is 2.16 bits per heavy atom. The highest BCUT2D eigenvalue weighted by Crippen LogP contribution is 2.27. The average molecular weight is 256 g/mol. The molecule has 1 aliphatic carbocycles. The van der Waals surface area contributed by atoms with Crippen molar-refractivity contribution in [2.45, 2.75) is 44.7 Å². The Labute approximate surface area is 113 Å². The summed E-state index contributed by atoms with van der Waals surface area (Å²) in [5.41, 5.74) is 9.98. The zero-order valence-corrected chi connectivity index (χ0v) is 11.3. The first-order chi connectivity index (χ1) is 9.27. The predicted molar refractivity (Wildman–Crippen MR) is 74.9 cm³/mol. The molecule has 2 heterocycles. The number of rotatable bonds is 3. The van der Waals surface area contributed by atoms with Crippen LogP contribution in [0.2, 0.25) is 0 Å². The highest BCUT2D eigenvalue weighted by molar-refractivity contribution is 5.24. The maximum absolute atomic E-state index is 6.22. The second-order valence-corrected chi connectivity index (χ2v) is 5.34. The lowest BCUT2D eigenvalue weighted by Crippen LogP contribution is -2.31. The van der Waals surface area contributed by atoms with Gasteiger partial charge in [-0.15, -0.1) is 0 Å². The molecule has 2 N–H and O–H groups in total. The predicted octanol–water partition coefficient (Wildman–Crippen LogP) is 2.09. The molecule has 0 bridgehead atoms. The van der Waals surface area contributed by atoms with Gasteiger partial charge in [0.1, 0.15) is 0 Å². The molecule has 0 aliphatic heterocycles. The van der Waals surface area contributed by atoms with Gasteiger partial charge in [-0.3, -0.25) is 4.98 Å². The van der Waals surface area contributed by atoms with E-state index >= 15 is 0 Å². The van der Waals surface area contributed by atoms with E-state index in [9.17, 15) is 0 Å². The Bertz CT molecular complexity index is 545. The minimum Gasteiger partial charge on any atom is -0.326 e. The average Bonchev–Trinajstić information content (AvgIpc) is 2.84. The third kappa shape index (κ3) is 2.28. The van der Waals surface area contributed by atoms with E-state index in [1.54, 1.807) is 6.20 Å². The van der Waals surface area contributed by atoms with Crippen molar-refractivity contribution in [2.24, 2.45) is 5.73 Å². The first kappa shape index (κ1) is 12.4. The number of hydrogen-bond donors (Lipinski definition) is 1. The van der Waals surface area contributed by atoms with E-state index in [0.717, 1.165) is 18.4 Å². The topological polar surface area (TPSA) is 56.7 Å². The first-order valence-corrected chi connectivity index (χ1v) is 6.97. The van der Waals surface area contributed by atoms with Crippen LogP contribution in [-0.2, 0) is 12.8 Å². The Balaban J connectivity index is 2.04. The van der Waals surface area contributed by atoms with Gasteiger partial charge in [0, 0.05) is 24.1 Å². The summed E-state index contributed by atoms with van der Waals surface area (Å²) in [6, 6.07) is 4.22. The number of imidazole rings is 1. The molecule has 4 heteroatoms. The minimum absolute atomic E-state index is 0.0319. The summed E-state index contributed by atoms with van der Waals surface area (Å²) in [6.45, 7) is 2.05. The van der Waals surface area contributed by atoms with E-state index in [-0.39, 0.29) is 12.1 Å². The van der Waals surface area contributed by atoms with Gasteiger partial charge >= 0.3 is 0 Å². The summed E-state index contributed by atoms with van der Waals surface area (Å²) in [5.74, 6) is 0. The van der Waals surface area contributed by atoms with Crippen molar-refractivity contribution in [2.75, 3.05) is 0 Å². The smallest absolute Gasteiger partial charge is 0.0957 e. The molecule has 3 rings (SSSR count). The molecular formula is C15H20N4. The number of aromatic nitrogens is 3. The fraction of sp³-hybridized carbons (Fsp3) is 0.467. The maximum atomic E-state index is 6.22. The summed E-state index contributed by atoms with van der Waals surface area (Å²) in [4.78, 5) is 8.79. The molecule has 2 aromatic heterocycles. The molecule has 2 atom stereocenters. The van der Waals surface area contributed by atoms with Gasteiger partial charge in [-0.2, -0.15) is 0 Å². The van der Waals surface area contributed by atoms with E-state index in [0.29, 0.717) is 0 Å². The van der Waals surface area contributed by atoms with E-state index in [1.807, 2.05) is 25.5 Å². The summed E-state index contributed by atoms with van der Waals surface area (Å²) in [7, 11) is 0. The normalized spacial score (nSPS) is 17.8. The van der Waals surface area contributed by atoms with Gasteiger partial charge in [0.2, 0.25) is 0 Å². The monoisotopic (exact) mass is 256 g/mol. The number of fused-ring (bicyclic) bond motifs is 1. The molecule has 1 aliphatic rings. The van der Waals surface area contributed by atoms with E-state index in [4.69, 9.17) is 5.73 Å². The molecule has 0 spiro atoms. The fourth-order valence-electron chi connectivity index (χ4n) is 3.00. The number of pyridine rings is 1. The molecule has 19 heavy (non-hydrogen) atoms. The highest BCUT2D eigenvalue weighted by atomic mass is 15.1. The third-order valence-corrected chi connectivity index (χ3v) is 3.88. The number of hydrogen-bond acceptors (Lipinski definition) is 3. The van der Waals surface area contributed by atoms with Crippen LogP contribution in [0.25, 0.3) is 0 Å². The minimum atomic E-state index is 0.0319. The molecule has 0 radical (unpaired) electrons. The Morgan fingerprint density at radius 3 is 2.89 bits per heavy atom. The van der Waals surface area contributed by atoms with Crippen LogP contribution in [0.4, 0.5) is 0 Å². The lowest BCUT2D eigenvalue weighted by Gasteiger charge is -2.26. The largest absolute Gasteiger partial charge is 0.326 e. The summed E-state index contributed by atoms with van der Waals surface area (Å²) in [5, 5.41) is 0. The Kier molecular flexibility index (Phi) is 3.34. The van der Waals surface area contributed by atoms with Gasteiger partial charge in [0.25, 0.3) is 0 Å². The number of nitrogens with zero attached hydrogens (tertiary/aromatic N) is 3. The first-order valence-electron chi connectivity index (χ1n) is 6.97. The van der Waals surface area contributed by atoms with Gasteiger partial charge in [-0.05, 0) is 44.2 Å². The van der Waals surface area contributed by atoms with Crippen molar-refractivity contribution in [1.82, 2.24) is 14.5 Å². The molecule has 0 saturated carbocycles. The third-order valence-electron chi connectivity index (χ3n) is 3.88. The van der Waals surface area contributed by atoms with Crippen LogP contribution in [-0.4, -0.2) is 20.6 Å². The quantitative estimate of drug-likeness (QED) is 0.915. The molecule has 0 fully saturated rings. The van der Waals surface area contributed by atoms with Crippen LogP contribution < -0.4 is 5.73 Å². The Morgan fingerprint density at radius 1 is 1.32 bits per heavy atom.